The van der Waals surface area contributed by atoms with E-state index in [2.05, 4.69) is 10.6 Å². The maximum Gasteiger partial charge on any atom is 0.339 e. The van der Waals surface area contributed by atoms with Gasteiger partial charge in [0.15, 0.2) is 0 Å². The molecule has 1 heterocycles. The second kappa shape index (κ2) is 6.05. The van der Waals surface area contributed by atoms with Crippen LogP contribution in [0.15, 0.2) is 18.2 Å². The third-order valence-corrected chi connectivity index (χ3v) is 3.65. The van der Waals surface area contributed by atoms with Gasteiger partial charge in [-0.25, -0.2) is 4.79 Å². The third kappa shape index (κ3) is 2.99. The lowest BCUT2D eigenvalue weighted by Crippen LogP contribution is -2.39. The minimum atomic E-state index is -0.448. The molecule has 1 fully saturated rings. The molecular formula is C15H20N2O3. The Morgan fingerprint density at radius 3 is 2.75 bits per heavy atom. The van der Waals surface area contributed by atoms with Crippen LogP contribution in [-0.4, -0.2) is 31.6 Å². The average Bonchev–Trinajstić information content (AvgIpc) is 2.86. The molecular weight excluding hydrogens is 256 g/mol. The summed E-state index contributed by atoms with van der Waals surface area (Å²) < 4.78 is 4.75. The van der Waals surface area contributed by atoms with Crippen molar-refractivity contribution < 1.29 is 14.3 Å². The van der Waals surface area contributed by atoms with Crippen LogP contribution in [0.3, 0.4) is 0 Å². The molecule has 0 spiro atoms. The molecule has 0 saturated carbocycles. The van der Waals surface area contributed by atoms with Gasteiger partial charge in [-0.2, -0.15) is 0 Å². The molecule has 1 aromatic rings. The van der Waals surface area contributed by atoms with E-state index in [-0.39, 0.29) is 11.9 Å². The minimum absolute atomic E-state index is 0.107. The minimum Gasteiger partial charge on any atom is -0.465 e. The van der Waals surface area contributed by atoms with E-state index in [0.717, 1.165) is 18.5 Å². The maximum atomic E-state index is 12.2. The van der Waals surface area contributed by atoms with Crippen LogP contribution in [0.2, 0.25) is 0 Å². The Bertz CT molecular complexity index is 528. The summed E-state index contributed by atoms with van der Waals surface area (Å²) in [5.74, 6) is -0.262. The highest BCUT2D eigenvalue weighted by atomic mass is 16.5. The molecule has 2 unspecified atom stereocenters. The highest BCUT2D eigenvalue weighted by Gasteiger charge is 2.29. The standard InChI is InChI=1S/C15H20N2O3/c1-9-4-5-12(11(8-9)15(19)20-3)17-14(18)13-10(2)6-7-16-13/h4-5,8,10,13,16H,6-7H2,1-3H3,(H,17,18). The van der Waals surface area contributed by atoms with Gasteiger partial charge in [0, 0.05) is 0 Å². The fourth-order valence-corrected chi connectivity index (χ4v) is 2.44. The van der Waals surface area contributed by atoms with E-state index in [1.54, 1.807) is 12.1 Å². The van der Waals surface area contributed by atoms with Gasteiger partial charge in [0.25, 0.3) is 0 Å². The summed E-state index contributed by atoms with van der Waals surface area (Å²) in [7, 11) is 1.33. The summed E-state index contributed by atoms with van der Waals surface area (Å²) in [5.41, 5.74) is 1.82. The van der Waals surface area contributed by atoms with E-state index in [1.165, 1.54) is 7.11 Å². The predicted octanol–water partition coefficient (Wildman–Crippen LogP) is 1.72. The lowest BCUT2D eigenvalue weighted by Gasteiger charge is -2.17. The number of aryl methyl sites for hydroxylation is 1. The van der Waals surface area contributed by atoms with Crippen LogP contribution in [0.4, 0.5) is 5.69 Å². The van der Waals surface area contributed by atoms with Crippen molar-refractivity contribution in [2.45, 2.75) is 26.3 Å². The topological polar surface area (TPSA) is 67.4 Å². The number of rotatable bonds is 3. The van der Waals surface area contributed by atoms with E-state index in [9.17, 15) is 9.59 Å². The Hall–Kier alpha value is -1.88. The van der Waals surface area contributed by atoms with E-state index >= 15 is 0 Å². The molecule has 5 heteroatoms. The van der Waals surface area contributed by atoms with Crippen molar-refractivity contribution in [3.05, 3.63) is 29.3 Å². The van der Waals surface area contributed by atoms with Gasteiger partial charge < -0.3 is 15.4 Å². The first kappa shape index (κ1) is 14.5. The van der Waals surface area contributed by atoms with Crippen molar-refractivity contribution in [2.24, 2.45) is 5.92 Å². The Morgan fingerprint density at radius 2 is 2.15 bits per heavy atom. The van der Waals surface area contributed by atoms with E-state index in [0.29, 0.717) is 17.2 Å². The molecule has 0 aromatic heterocycles. The van der Waals surface area contributed by atoms with Gasteiger partial charge in [-0.1, -0.05) is 18.6 Å². The highest BCUT2D eigenvalue weighted by Crippen LogP contribution is 2.21. The van der Waals surface area contributed by atoms with Gasteiger partial charge in [0.1, 0.15) is 0 Å². The van der Waals surface area contributed by atoms with Gasteiger partial charge in [0.2, 0.25) is 5.91 Å². The van der Waals surface area contributed by atoms with Crippen LogP contribution in [0.5, 0.6) is 0 Å². The molecule has 1 aliphatic rings. The molecule has 1 saturated heterocycles. The van der Waals surface area contributed by atoms with Crippen LogP contribution in [0.25, 0.3) is 0 Å². The number of methoxy groups -OCH3 is 1. The lowest BCUT2D eigenvalue weighted by molar-refractivity contribution is -0.118. The summed E-state index contributed by atoms with van der Waals surface area (Å²) in [6, 6.07) is 5.10. The van der Waals surface area contributed by atoms with E-state index < -0.39 is 5.97 Å². The first-order valence-corrected chi connectivity index (χ1v) is 6.76. The molecule has 0 radical (unpaired) electrons. The molecule has 2 atom stereocenters. The van der Waals surface area contributed by atoms with Crippen molar-refractivity contribution in [1.29, 1.82) is 0 Å². The summed E-state index contributed by atoms with van der Waals surface area (Å²) in [6.45, 7) is 4.77. The molecule has 1 aromatic carbocycles. The van der Waals surface area contributed by atoms with E-state index in [1.807, 2.05) is 19.9 Å². The smallest absolute Gasteiger partial charge is 0.339 e. The zero-order valence-electron chi connectivity index (χ0n) is 12.0. The maximum absolute atomic E-state index is 12.2. The Kier molecular flexibility index (Phi) is 4.39. The lowest BCUT2D eigenvalue weighted by atomic mass is 10.0. The van der Waals surface area contributed by atoms with Gasteiger partial charge in [-0.3, -0.25) is 4.79 Å². The third-order valence-electron chi connectivity index (χ3n) is 3.65. The monoisotopic (exact) mass is 276 g/mol. The first-order chi connectivity index (χ1) is 9.52. The molecule has 2 rings (SSSR count). The zero-order chi connectivity index (χ0) is 14.7. The molecule has 1 aliphatic heterocycles. The number of benzene rings is 1. The summed E-state index contributed by atoms with van der Waals surface area (Å²) in [4.78, 5) is 24.0. The highest BCUT2D eigenvalue weighted by molar-refractivity contribution is 6.03. The molecule has 0 aliphatic carbocycles. The number of esters is 1. The predicted molar refractivity (Wildman–Crippen MR) is 76.7 cm³/mol. The van der Waals surface area contributed by atoms with Gasteiger partial charge in [-0.05, 0) is 37.9 Å². The van der Waals surface area contributed by atoms with Crippen molar-refractivity contribution >= 4 is 17.6 Å². The number of anilines is 1. The summed E-state index contributed by atoms with van der Waals surface area (Å²) in [6.07, 6.45) is 0.982. The van der Waals surface area contributed by atoms with Gasteiger partial charge >= 0.3 is 5.97 Å². The Morgan fingerprint density at radius 1 is 1.40 bits per heavy atom. The molecule has 2 N–H and O–H groups in total. The summed E-state index contributed by atoms with van der Waals surface area (Å²) >= 11 is 0. The Balaban J connectivity index is 2.20. The van der Waals surface area contributed by atoms with Crippen LogP contribution in [-0.2, 0) is 9.53 Å². The van der Waals surface area contributed by atoms with E-state index in [4.69, 9.17) is 4.74 Å². The fraction of sp³-hybridized carbons (Fsp3) is 0.467. The zero-order valence-corrected chi connectivity index (χ0v) is 12.0. The number of carbonyl (C=O) groups excluding carboxylic acids is 2. The summed E-state index contributed by atoms with van der Waals surface area (Å²) in [5, 5.41) is 6.00. The molecule has 1 amide bonds. The normalized spacial score (nSPS) is 21.6. The number of hydrogen-bond donors (Lipinski definition) is 2. The number of amides is 1. The van der Waals surface area contributed by atoms with Crippen LogP contribution >= 0.6 is 0 Å². The second-order valence-electron chi connectivity index (χ2n) is 5.23. The van der Waals surface area contributed by atoms with Crippen molar-refractivity contribution in [2.75, 3.05) is 19.0 Å². The number of nitrogens with one attached hydrogen (secondary N) is 2. The fourth-order valence-electron chi connectivity index (χ4n) is 2.44. The SMILES string of the molecule is COC(=O)c1cc(C)ccc1NC(=O)C1NCCC1C. The number of carbonyl (C=O) groups is 2. The van der Waals surface area contributed by atoms with Crippen LogP contribution in [0.1, 0.15) is 29.3 Å². The number of ether oxygens (including phenoxy) is 1. The first-order valence-electron chi connectivity index (χ1n) is 6.76. The van der Waals surface area contributed by atoms with Crippen molar-refractivity contribution in [3.63, 3.8) is 0 Å². The number of hydrogen-bond acceptors (Lipinski definition) is 4. The molecule has 108 valence electrons. The molecule has 5 nitrogen and oxygen atoms in total. The van der Waals surface area contributed by atoms with Crippen LogP contribution in [0, 0.1) is 12.8 Å². The van der Waals surface area contributed by atoms with Crippen molar-refractivity contribution in [3.8, 4) is 0 Å². The van der Waals surface area contributed by atoms with Crippen LogP contribution < -0.4 is 10.6 Å². The largest absolute Gasteiger partial charge is 0.465 e. The van der Waals surface area contributed by atoms with Gasteiger partial charge in [0.05, 0.1) is 24.4 Å². The van der Waals surface area contributed by atoms with Gasteiger partial charge in [-0.15, -0.1) is 0 Å². The Labute approximate surface area is 118 Å². The van der Waals surface area contributed by atoms with Crippen molar-refractivity contribution in [1.82, 2.24) is 5.32 Å². The average molecular weight is 276 g/mol. The molecule has 20 heavy (non-hydrogen) atoms. The second-order valence-corrected chi connectivity index (χ2v) is 5.23. The quantitative estimate of drug-likeness (QED) is 0.825. The molecule has 0 bridgehead atoms.